The van der Waals surface area contributed by atoms with E-state index in [-0.39, 0.29) is 11.6 Å². The molecule has 0 spiro atoms. The summed E-state index contributed by atoms with van der Waals surface area (Å²) in [6.07, 6.45) is 6.14. The third-order valence-corrected chi connectivity index (χ3v) is 3.93. The second kappa shape index (κ2) is 7.09. The maximum atomic E-state index is 12.6. The van der Waals surface area contributed by atoms with Gasteiger partial charge in [0.25, 0.3) is 0 Å². The van der Waals surface area contributed by atoms with E-state index < -0.39 is 0 Å². The molecule has 3 heteroatoms. The molecule has 3 rings (SSSR count). The maximum absolute atomic E-state index is 12.6. The van der Waals surface area contributed by atoms with Crippen molar-refractivity contribution >= 4 is 23.7 Å². The summed E-state index contributed by atoms with van der Waals surface area (Å²) in [4.78, 5) is 25.1. The third kappa shape index (κ3) is 3.20. The highest BCUT2D eigenvalue weighted by molar-refractivity contribution is 6.25. The topological polar surface area (TPSA) is 46.2 Å². The summed E-state index contributed by atoms with van der Waals surface area (Å²) in [5.74, 6) is -0.246. The number of allylic oxidation sites excluding steroid dienone is 2. The molecule has 0 radical (unpaired) electrons. The number of benzene rings is 2. The molecular weight excluding hydrogens is 298 g/mol. The summed E-state index contributed by atoms with van der Waals surface area (Å²) >= 11 is 0. The summed E-state index contributed by atoms with van der Waals surface area (Å²) in [5.41, 5.74) is 3.15. The molecule has 1 aliphatic carbocycles. The summed E-state index contributed by atoms with van der Waals surface area (Å²) < 4.78 is 0. The van der Waals surface area contributed by atoms with Gasteiger partial charge in [0.1, 0.15) is 0 Å². The second-order valence-corrected chi connectivity index (χ2v) is 5.69. The van der Waals surface area contributed by atoms with E-state index in [2.05, 4.69) is 5.32 Å². The Labute approximate surface area is 141 Å². The van der Waals surface area contributed by atoms with Gasteiger partial charge in [-0.3, -0.25) is 9.59 Å². The molecule has 0 heterocycles. The smallest absolute Gasteiger partial charge is 0.209 e. The van der Waals surface area contributed by atoms with Gasteiger partial charge in [0.15, 0.2) is 5.78 Å². The lowest BCUT2D eigenvalue weighted by Gasteiger charge is -2.17. The molecule has 24 heavy (non-hydrogen) atoms. The predicted octanol–water partition coefficient (Wildman–Crippen LogP) is 4.12. The van der Waals surface area contributed by atoms with E-state index in [1.54, 1.807) is 6.07 Å². The highest BCUT2D eigenvalue weighted by Crippen LogP contribution is 2.25. The second-order valence-electron chi connectivity index (χ2n) is 5.69. The van der Waals surface area contributed by atoms with E-state index >= 15 is 0 Å². The van der Waals surface area contributed by atoms with Crippen molar-refractivity contribution in [3.05, 3.63) is 82.6 Å². The molecule has 0 unspecified atom stereocenters. The SMILES string of the molecule is CCCNC1=CC(=O)c2c(/C=C/c3ccccc3)cccc2C1=O. The Morgan fingerprint density at radius 3 is 2.50 bits per heavy atom. The number of nitrogens with one attached hydrogen (secondary N) is 1. The fraction of sp³-hybridized carbons (Fsp3) is 0.143. The van der Waals surface area contributed by atoms with Crippen molar-refractivity contribution in [3.8, 4) is 0 Å². The van der Waals surface area contributed by atoms with Crippen LogP contribution in [0, 0.1) is 0 Å². The van der Waals surface area contributed by atoms with Crippen LogP contribution in [0.2, 0.25) is 0 Å². The lowest BCUT2D eigenvalue weighted by atomic mass is 9.88. The first-order chi connectivity index (χ1) is 11.7. The van der Waals surface area contributed by atoms with Gasteiger partial charge in [0, 0.05) is 23.7 Å². The van der Waals surface area contributed by atoms with Crippen LogP contribution in [0.1, 0.15) is 45.2 Å². The van der Waals surface area contributed by atoms with E-state index in [4.69, 9.17) is 0 Å². The zero-order valence-corrected chi connectivity index (χ0v) is 13.6. The van der Waals surface area contributed by atoms with Crippen molar-refractivity contribution in [2.75, 3.05) is 6.54 Å². The third-order valence-electron chi connectivity index (χ3n) is 3.93. The van der Waals surface area contributed by atoms with Gasteiger partial charge >= 0.3 is 0 Å². The number of rotatable bonds is 5. The van der Waals surface area contributed by atoms with Crippen molar-refractivity contribution in [3.63, 3.8) is 0 Å². The molecule has 0 aliphatic heterocycles. The number of ketones is 2. The number of hydrogen-bond acceptors (Lipinski definition) is 3. The normalized spacial score (nSPS) is 13.8. The molecule has 0 amide bonds. The molecule has 2 aromatic carbocycles. The molecule has 0 fully saturated rings. The average Bonchev–Trinajstić information content (AvgIpc) is 2.62. The Kier molecular flexibility index (Phi) is 4.71. The fourth-order valence-corrected chi connectivity index (χ4v) is 2.73. The molecule has 1 N–H and O–H groups in total. The lowest BCUT2D eigenvalue weighted by Crippen LogP contribution is -2.27. The van der Waals surface area contributed by atoms with Crippen LogP contribution in [0.25, 0.3) is 12.2 Å². The van der Waals surface area contributed by atoms with E-state index in [9.17, 15) is 9.59 Å². The van der Waals surface area contributed by atoms with Gasteiger partial charge in [-0.15, -0.1) is 0 Å². The number of carbonyl (C=O) groups excluding carboxylic acids is 2. The van der Waals surface area contributed by atoms with Gasteiger partial charge in [-0.25, -0.2) is 0 Å². The first-order valence-electron chi connectivity index (χ1n) is 8.11. The van der Waals surface area contributed by atoms with Gasteiger partial charge in [0.05, 0.1) is 5.70 Å². The number of fused-ring (bicyclic) bond motifs is 1. The highest BCUT2D eigenvalue weighted by atomic mass is 16.1. The largest absolute Gasteiger partial charge is 0.382 e. The summed E-state index contributed by atoms with van der Waals surface area (Å²) in [7, 11) is 0. The first-order valence-corrected chi connectivity index (χ1v) is 8.11. The molecule has 0 saturated carbocycles. The van der Waals surface area contributed by atoms with Crippen molar-refractivity contribution in [2.45, 2.75) is 13.3 Å². The molecule has 0 saturated heterocycles. The standard InChI is InChI=1S/C21H19NO2/c1-2-13-22-18-14-19(23)20-16(9-6-10-17(20)21(18)24)12-11-15-7-4-3-5-8-15/h3-12,14,22H,2,13H2,1H3/b12-11+. The molecule has 0 aromatic heterocycles. The van der Waals surface area contributed by atoms with Gasteiger partial charge in [0.2, 0.25) is 5.78 Å². The van der Waals surface area contributed by atoms with Crippen LogP contribution in [-0.2, 0) is 0 Å². The van der Waals surface area contributed by atoms with Crippen LogP contribution in [-0.4, -0.2) is 18.1 Å². The van der Waals surface area contributed by atoms with E-state index in [0.29, 0.717) is 23.4 Å². The molecule has 2 aromatic rings. The summed E-state index contributed by atoms with van der Waals surface area (Å²) in [5, 5.41) is 3.04. The lowest BCUT2D eigenvalue weighted by molar-refractivity contribution is 0.0978. The van der Waals surface area contributed by atoms with Crippen LogP contribution in [0.3, 0.4) is 0 Å². The quantitative estimate of drug-likeness (QED) is 0.844. The minimum Gasteiger partial charge on any atom is -0.382 e. The van der Waals surface area contributed by atoms with Crippen molar-refractivity contribution in [1.29, 1.82) is 0 Å². The van der Waals surface area contributed by atoms with Crippen molar-refractivity contribution < 1.29 is 9.59 Å². The highest BCUT2D eigenvalue weighted by Gasteiger charge is 2.26. The monoisotopic (exact) mass is 317 g/mol. The Morgan fingerprint density at radius 1 is 0.958 bits per heavy atom. The summed E-state index contributed by atoms with van der Waals surface area (Å²) in [6.45, 7) is 2.69. The van der Waals surface area contributed by atoms with Crippen LogP contribution in [0.4, 0.5) is 0 Å². The minimum absolute atomic E-state index is 0.118. The van der Waals surface area contributed by atoms with Crippen LogP contribution >= 0.6 is 0 Å². The van der Waals surface area contributed by atoms with Gasteiger partial charge in [-0.1, -0.05) is 67.6 Å². The molecule has 120 valence electrons. The Hall–Kier alpha value is -2.94. The zero-order valence-electron chi connectivity index (χ0n) is 13.6. The Balaban J connectivity index is 1.96. The summed E-state index contributed by atoms with van der Waals surface area (Å²) in [6, 6.07) is 15.3. The van der Waals surface area contributed by atoms with Crippen molar-refractivity contribution in [1.82, 2.24) is 5.32 Å². The van der Waals surface area contributed by atoms with Crippen LogP contribution in [0.15, 0.2) is 60.3 Å². The van der Waals surface area contributed by atoms with Gasteiger partial charge in [-0.2, -0.15) is 0 Å². The Bertz CT molecular complexity index is 832. The first kappa shape index (κ1) is 15.9. The number of carbonyl (C=O) groups is 2. The van der Waals surface area contributed by atoms with E-state index in [1.165, 1.54) is 6.08 Å². The zero-order chi connectivity index (χ0) is 16.9. The molecule has 0 bridgehead atoms. The van der Waals surface area contributed by atoms with Gasteiger partial charge < -0.3 is 5.32 Å². The van der Waals surface area contributed by atoms with Crippen LogP contribution < -0.4 is 5.32 Å². The van der Waals surface area contributed by atoms with Crippen LogP contribution in [0.5, 0.6) is 0 Å². The molecular formula is C21H19NO2. The molecule has 3 nitrogen and oxygen atoms in total. The van der Waals surface area contributed by atoms with E-state index in [1.807, 2.05) is 61.5 Å². The van der Waals surface area contributed by atoms with E-state index in [0.717, 1.165) is 17.5 Å². The average molecular weight is 317 g/mol. The van der Waals surface area contributed by atoms with Gasteiger partial charge in [-0.05, 0) is 17.5 Å². The minimum atomic E-state index is -0.128. The number of Topliss-reactive ketones (excluding diaryl/α,β-unsaturated/α-hetero) is 1. The molecule has 0 atom stereocenters. The number of hydrogen-bond donors (Lipinski definition) is 1. The molecule has 1 aliphatic rings. The Morgan fingerprint density at radius 2 is 1.75 bits per heavy atom. The maximum Gasteiger partial charge on any atom is 0.209 e. The van der Waals surface area contributed by atoms with Crippen molar-refractivity contribution in [2.24, 2.45) is 0 Å². The fourth-order valence-electron chi connectivity index (χ4n) is 2.73. The predicted molar refractivity (Wildman–Crippen MR) is 96.8 cm³/mol.